The van der Waals surface area contributed by atoms with Gasteiger partial charge in [-0.3, -0.25) is 9.69 Å². The summed E-state index contributed by atoms with van der Waals surface area (Å²) < 4.78 is 7.79. The van der Waals surface area contributed by atoms with Crippen molar-refractivity contribution in [3.63, 3.8) is 0 Å². The molecule has 152 valence electrons. The average molecular weight is 596 g/mol. The first-order chi connectivity index (χ1) is 14.5. The molecule has 1 aliphatic heterocycles. The molecule has 0 aromatic heterocycles. The minimum absolute atomic E-state index is 0.0933. The van der Waals surface area contributed by atoms with Crippen LogP contribution in [-0.2, 0) is 0 Å². The van der Waals surface area contributed by atoms with Gasteiger partial charge in [0.15, 0.2) is 0 Å². The van der Waals surface area contributed by atoms with E-state index in [-0.39, 0.29) is 5.91 Å². The molecule has 3 aromatic carbocycles. The topological polar surface area (TPSA) is 41.6 Å². The van der Waals surface area contributed by atoms with Crippen molar-refractivity contribution in [3.8, 4) is 5.75 Å². The Morgan fingerprint density at radius 1 is 1.17 bits per heavy atom. The zero-order valence-corrected chi connectivity index (χ0v) is 20.2. The van der Waals surface area contributed by atoms with Gasteiger partial charge in [0.05, 0.1) is 5.56 Å². The lowest BCUT2D eigenvalue weighted by Gasteiger charge is -2.38. The third-order valence-corrected chi connectivity index (χ3v) is 6.13. The number of benzene rings is 3. The molecule has 1 aliphatic rings. The van der Waals surface area contributed by atoms with Gasteiger partial charge in [-0.1, -0.05) is 40.2 Å². The van der Waals surface area contributed by atoms with E-state index in [9.17, 15) is 4.79 Å². The Labute approximate surface area is 202 Å². The molecule has 0 saturated heterocycles. The molecule has 3 aromatic rings. The maximum atomic E-state index is 13.6. The molecule has 0 aliphatic carbocycles. The standard InChI is InChI=1S/C23H17BrClIN2O2/c1-2-11-30-21-10-3-14(24)12-19(21)22-27-20-9-6-16(26)13-18(20)23(29)28(22)17-7-4-15(25)5-8-17/h2-10,12-13,22,27H,1,11H2. The number of anilines is 2. The highest BCUT2D eigenvalue weighted by atomic mass is 127. The molecular formula is C23H17BrClIN2O2. The van der Waals surface area contributed by atoms with Crippen molar-refractivity contribution in [2.75, 3.05) is 16.8 Å². The number of hydrogen-bond donors (Lipinski definition) is 1. The number of hydrogen-bond acceptors (Lipinski definition) is 3. The molecule has 0 spiro atoms. The Hall–Kier alpha value is -2.03. The molecule has 0 fully saturated rings. The Kier molecular flexibility index (Phi) is 6.36. The van der Waals surface area contributed by atoms with E-state index in [0.29, 0.717) is 22.9 Å². The predicted octanol–water partition coefficient (Wildman–Crippen LogP) is 7.04. The first kappa shape index (κ1) is 21.2. The lowest BCUT2D eigenvalue weighted by atomic mass is 10.0. The van der Waals surface area contributed by atoms with Crippen molar-refractivity contribution in [1.29, 1.82) is 0 Å². The van der Waals surface area contributed by atoms with Crippen LogP contribution >= 0.6 is 50.1 Å². The van der Waals surface area contributed by atoms with E-state index < -0.39 is 6.17 Å². The summed E-state index contributed by atoms with van der Waals surface area (Å²) >= 11 is 11.8. The van der Waals surface area contributed by atoms with Crippen molar-refractivity contribution in [1.82, 2.24) is 0 Å². The Morgan fingerprint density at radius 2 is 1.93 bits per heavy atom. The molecule has 1 unspecified atom stereocenters. The minimum atomic E-state index is -0.469. The molecule has 0 radical (unpaired) electrons. The normalized spacial score (nSPS) is 15.4. The summed E-state index contributed by atoms with van der Waals surface area (Å²) in [5.74, 6) is 0.584. The van der Waals surface area contributed by atoms with Gasteiger partial charge in [0.1, 0.15) is 18.5 Å². The Balaban J connectivity index is 1.89. The highest BCUT2D eigenvalue weighted by molar-refractivity contribution is 14.1. The fourth-order valence-corrected chi connectivity index (χ4v) is 4.37. The predicted molar refractivity (Wildman–Crippen MR) is 134 cm³/mol. The second-order valence-corrected chi connectivity index (χ2v) is 9.27. The number of nitrogens with one attached hydrogen (secondary N) is 1. The number of rotatable bonds is 5. The van der Waals surface area contributed by atoms with Gasteiger partial charge >= 0.3 is 0 Å². The number of carbonyl (C=O) groups is 1. The van der Waals surface area contributed by atoms with Crippen LogP contribution in [0.5, 0.6) is 5.75 Å². The highest BCUT2D eigenvalue weighted by Gasteiger charge is 2.36. The van der Waals surface area contributed by atoms with E-state index in [1.807, 2.05) is 48.5 Å². The van der Waals surface area contributed by atoms with E-state index in [1.54, 1.807) is 23.1 Å². The number of nitrogens with zero attached hydrogens (tertiary/aromatic N) is 1. The number of ether oxygens (including phenoxy) is 1. The van der Waals surface area contributed by atoms with Gasteiger partial charge in [0, 0.05) is 30.0 Å². The lowest BCUT2D eigenvalue weighted by Crippen LogP contribution is -2.43. The summed E-state index contributed by atoms with van der Waals surface area (Å²) in [6, 6.07) is 18.8. The third-order valence-electron chi connectivity index (χ3n) is 4.71. The minimum Gasteiger partial charge on any atom is -0.489 e. The second kappa shape index (κ2) is 8.99. The molecule has 4 nitrogen and oxygen atoms in total. The molecule has 4 rings (SSSR count). The van der Waals surface area contributed by atoms with Crippen LogP contribution in [-0.4, -0.2) is 12.5 Å². The number of halogens is 3. The SMILES string of the molecule is C=CCOc1ccc(Br)cc1C1Nc2ccc(I)cc2C(=O)N1c1ccc(Cl)cc1. The Bertz CT molecular complexity index is 1120. The van der Waals surface area contributed by atoms with Crippen LogP contribution < -0.4 is 15.0 Å². The van der Waals surface area contributed by atoms with Gasteiger partial charge in [0.25, 0.3) is 5.91 Å². The van der Waals surface area contributed by atoms with Crippen LogP contribution in [0.2, 0.25) is 5.02 Å². The van der Waals surface area contributed by atoms with Crippen LogP contribution in [0.25, 0.3) is 0 Å². The maximum Gasteiger partial charge on any atom is 0.262 e. The summed E-state index contributed by atoms with van der Waals surface area (Å²) in [6.07, 6.45) is 1.22. The Morgan fingerprint density at radius 3 is 2.67 bits per heavy atom. The molecule has 1 N–H and O–H groups in total. The fourth-order valence-electron chi connectivity index (χ4n) is 3.38. The number of amides is 1. The molecule has 1 amide bonds. The summed E-state index contributed by atoms with van der Waals surface area (Å²) in [4.78, 5) is 15.4. The van der Waals surface area contributed by atoms with E-state index in [0.717, 1.165) is 25.0 Å². The van der Waals surface area contributed by atoms with Gasteiger partial charge in [-0.15, -0.1) is 0 Å². The third kappa shape index (κ3) is 4.22. The summed E-state index contributed by atoms with van der Waals surface area (Å²) in [7, 11) is 0. The van der Waals surface area contributed by atoms with Gasteiger partial charge in [-0.2, -0.15) is 0 Å². The van der Waals surface area contributed by atoms with Crippen LogP contribution in [0.1, 0.15) is 22.1 Å². The number of carbonyl (C=O) groups excluding carboxylic acids is 1. The quantitative estimate of drug-likeness (QED) is 0.254. The number of fused-ring (bicyclic) bond motifs is 1. The maximum absolute atomic E-state index is 13.6. The molecule has 1 heterocycles. The van der Waals surface area contributed by atoms with Crippen molar-refractivity contribution < 1.29 is 9.53 Å². The molecular weight excluding hydrogens is 579 g/mol. The van der Waals surface area contributed by atoms with Crippen molar-refractivity contribution in [2.45, 2.75) is 6.17 Å². The zero-order valence-electron chi connectivity index (χ0n) is 15.7. The van der Waals surface area contributed by atoms with Crippen LogP contribution in [0, 0.1) is 3.57 Å². The van der Waals surface area contributed by atoms with Gasteiger partial charge in [-0.25, -0.2) is 0 Å². The van der Waals surface area contributed by atoms with Crippen LogP contribution in [0.15, 0.2) is 77.8 Å². The summed E-state index contributed by atoms with van der Waals surface area (Å²) in [5.41, 5.74) is 2.97. The summed E-state index contributed by atoms with van der Waals surface area (Å²) in [5, 5.41) is 4.13. The molecule has 7 heteroatoms. The summed E-state index contributed by atoms with van der Waals surface area (Å²) in [6.45, 7) is 4.09. The first-order valence-corrected chi connectivity index (χ1v) is 11.4. The first-order valence-electron chi connectivity index (χ1n) is 9.16. The highest BCUT2D eigenvalue weighted by Crippen LogP contribution is 2.41. The lowest BCUT2D eigenvalue weighted by molar-refractivity contribution is 0.0974. The van der Waals surface area contributed by atoms with Gasteiger partial charge < -0.3 is 10.1 Å². The zero-order chi connectivity index (χ0) is 21.3. The van der Waals surface area contributed by atoms with E-state index in [4.69, 9.17) is 16.3 Å². The molecule has 30 heavy (non-hydrogen) atoms. The van der Waals surface area contributed by atoms with Crippen LogP contribution in [0.4, 0.5) is 11.4 Å². The van der Waals surface area contributed by atoms with E-state index >= 15 is 0 Å². The molecule has 0 bridgehead atoms. The van der Waals surface area contributed by atoms with Gasteiger partial charge in [0.2, 0.25) is 0 Å². The second-order valence-electron chi connectivity index (χ2n) is 6.67. The van der Waals surface area contributed by atoms with Crippen molar-refractivity contribution in [3.05, 3.63) is 97.5 Å². The van der Waals surface area contributed by atoms with Crippen molar-refractivity contribution >= 4 is 67.4 Å². The van der Waals surface area contributed by atoms with Gasteiger partial charge in [-0.05, 0) is 83.3 Å². The van der Waals surface area contributed by atoms with Crippen LogP contribution in [0.3, 0.4) is 0 Å². The molecule has 1 atom stereocenters. The smallest absolute Gasteiger partial charge is 0.262 e. The monoisotopic (exact) mass is 594 g/mol. The molecule has 0 saturated carbocycles. The average Bonchev–Trinajstić information content (AvgIpc) is 2.74. The largest absolute Gasteiger partial charge is 0.489 e. The van der Waals surface area contributed by atoms with E-state index in [2.05, 4.69) is 50.4 Å². The fraction of sp³-hybridized carbons (Fsp3) is 0.0870. The van der Waals surface area contributed by atoms with E-state index in [1.165, 1.54) is 0 Å². The van der Waals surface area contributed by atoms with Crippen molar-refractivity contribution in [2.24, 2.45) is 0 Å².